The number of aryl methyl sites for hydroxylation is 2. The molecule has 0 unspecified atom stereocenters. The molecule has 9 heteroatoms. The number of hydrogen-bond acceptors (Lipinski definition) is 5. The Morgan fingerprint density at radius 3 is 2.43 bits per heavy atom. The molecule has 0 aliphatic carbocycles. The summed E-state index contributed by atoms with van der Waals surface area (Å²) >= 11 is 0. The summed E-state index contributed by atoms with van der Waals surface area (Å²) in [7, 11) is -3.67. The van der Waals surface area contributed by atoms with Gasteiger partial charge in [0.15, 0.2) is 0 Å². The third-order valence-electron chi connectivity index (χ3n) is 4.35. The molecule has 0 aliphatic rings. The van der Waals surface area contributed by atoms with Crippen LogP contribution < -0.4 is 15.4 Å². The Hall–Kier alpha value is -2.91. The maximum absolute atomic E-state index is 12.4. The minimum atomic E-state index is -3.67. The normalized spacial score (nSPS) is 11.1. The van der Waals surface area contributed by atoms with Crippen LogP contribution in [0.15, 0.2) is 47.4 Å². The monoisotopic (exact) mass is 433 g/mol. The molecular weight excluding hydrogens is 406 g/mol. The molecule has 2 aromatic carbocycles. The van der Waals surface area contributed by atoms with E-state index in [4.69, 9.17) is 0 Å². The summed E-state index contributed by atoms with van der Waals surface area (Å²) in [5.41, 5.74) is 1.84. The SMILES string of the molecule is Cc1ccc(C)c(S(=O)(=O)NCCC(=O)NCCCNC(=O)c2cccc(O)c2)c1. The summed E-state index contributed by atoms with van der Waals surface area (Å²) < 4.78 is 27.2. The van der Waals surface area contributed by atoms with E-state index < -0.39 is 10.0 Å². The van der Waals surface area contributed by atoms with Crippen molar-refractivity contribution in [3.63, 3.8) is 0 Å². The van der Waals surface area contributed by atoms with E-state index in [0.717, 1.165) is 5.56 Å². The zero-order valence-electron chi connectivity index (χ0n) is 17.1. The van der Waals surface area contributed by atoms with Gasteiger partial charge >= 0.3 is 0 Å². The molecular formula is C21H27N3O5S. The van der Waals surface area contributed by atoms with Crippen LogP contribution >= 0.6 is 0 Å². The van der Waals surface area contributed by atoms with Crippen molar-refractivity contribution in [1.29, 1.82) is 0 Å². The lowest BCUT2D eigenvalue weighted by atomic mass is 10.2. The molecule has 0 atom stereocenters. The fraction of sp³-hybridized carbons (Fsp3) is 0.333. The second kappa shape index (κ2) is 10.7. The van der Waals surface area contributed by atoms with E-state index in [-0.39, 0.29) is 35.4 Å². The number of carbonyl (C=O) groups is 2. The van der Waals surface area contributed by atoms with Gasteiger partial charge in [-0.05, 0) is 55.7 Å². The molecule has 2 rings (SSSR count). The molecule has 30 heavy (non-hydrogen) atoms. The van der Waals surface area contributed by atoms with Crippen molar-refractivity contribution in [2.75, 3.05) is 19.6 Å². The van der Waals surface area contributed by atoms with E-state index in [0.29, 0.717) is 30.6 Å². The topological polar surface area (TPSA) is 125 Å². The standard InChI is InChI=1S/C21H27N3O5S/c1-15-7-8-16(2)19(13-15)30(28,29)24-12-9-20(26)22-10-4-11-23-21(27)17-5-3-6-18(25)14-17/h3,5-8,13-14,24-25H,4,9-12H2,1-2H3,(H,22,26)(H,23,27). The van der Waals surface area contributed by atoms with Crippen molar-refractivity contribution < 1.29 is 23.1 Å². The molecule has 0 spiro atoms. The number of sulfonamides is 1. The molecule has 162 valence electrons. The van der Waals surface area contributed by atoms with Crippen LogP contribution in [0.1, 0.15) is 34.3 Å². The Bertz CT molecular complexity index is 1010. The number of rotatable bonds is 10. The van der Waals surface area contributed by atoms with Crippen LogP contribution in [0.3, 0.4) is 0 Å². The van der Waals surface area contributed by atoms with Gasteiger partial charge in [0.2, 0.25) is 15.9 Å². The molecule has 4 N–H and O–H groups in total. The van der Waals surface area contributed by atoms with Crippen molar-refractivity contribution in [2.24, 2.45) is 0 Å². The van der Waals surface area contributed by atoms with Gasteiger partial charge in [0, 0.05) is 31.6 Å². The first kappa shape index (κ1) is 23.4. The number of carbonyl (C=O) groups excluding carboxylic acids is 2. The summed E-state index contributed by atoms with van der Waals surface area (Å²) in [5.74, 6) is -0.570. The fourth-order valence-electron chi connectivity index (χ4n) is 2.73. The smallest absolute Gasteiger partial charge is 0.251 e. The van der Waals surface area contributed by atoms with Gasteiger partial charge in [0.1, 0.15) is 5.75 Å². The fourth-order valence-corrected chi connectivity index (χ4v) is 4.09. The van der Waals surface area contributed by atoms with Gasteiger partial charge in [0.05, 0.1) is 4.90 Å². The van der Waals surface area contributed by atoms with Crippen LogP contribution in [0.25, 0.3) is 0 Å². The lowest BCUT2D eigenvalue weighted by Gasteiger charge is -2.10. The van der Waals surface area contributed by atoms with Gasteiger partial charge in [-0.3, -0.25) is 9.59 Å². The zero-order valence-corrected chi connectivity index (χ0v) is 17.9. The van der Waals surface area contributed by atoms with Crippen LogP contribution in [-0.2, 0) is 14.8 Å². The summed E-state index contributed by atoms with van der Waals surface area (Å²) in [5, 5.41) is 14.8. The zero-order chi connectivity index (χ0) is 22.1. The van der Waals surface area contributed by atoms with Crippen LogP contribution in [0.4, 0.5) is 0 Å². The predicted octanol–water partition coefficient (Wildman–Crippen LogP) is 1.61. The van der Waals surface area contributed by atoms with Gasteiger partial charge in [-0.15, -0.1) is 0 Å². The number of phenolic OH excluding ortho intramolecular Hbond substituents is 1. The maximum Gasteiger partial charge on any atom is 0.251 e. The minimum Gasteiger partial charge on any atom is -0.508 e. The lowest BCUT2D eigenvalue weighted by molar-refractivity contribution is -0.120. The third kappa shape index (κ3) is 7.16. The lowest BCUT2D eigenvalue weighted by Crippen LogP contribution is -2.33. The molecule has 2 aromatic rings. The Balaban J connectivity index is 1.65. The van der Waals surface area contributed by atoms with Crippen LogP contribution in [0.5, 0.6) is 5.75 Å². The number of benzene rings is 2. The predicted molar refractivity (Wildman–Crippen MR) is 114 cm³/mol. The Morgan fingerprint density at radius 2 is 1.70 bits per heavy atom. The van der Waals surface area contributed by atoms with Crippen LogP contribution in [0.2, 0.25) is 0 Å². The Labute approximate surface area is 176 Å². The molecule has 8 nitrogen and oxygen atoms in total. The van der Waals surface area contributed by atoms with E-state index in [1.807, 2.05) is 13.0 Å². The highest BCUT2D eigenvalue weighted by molar-refractivity contribution is 7.89. The highest BCUT2D eigenvalue weighted by atomic mass is 32.2. The number of amides is 2. The minimum absolute atomic E-state index is 0.00418. The largest absolute Gasteiger partial charge is 0.508 e. The molecule has 0 aliphatic heterocycles. The highest BCUT2D eigenvalue weighted by Gasteiger charge is 2.17. The molecule has 0 aromatic heterocycles. The highest BCUT2D eigenvalue weighted by Crippen LogP contribution is 2.16. The van der Waals surface area contributed by atoms with Crippen molar-refractivity contribution in [3.05, 3.63) is 59.2 Å². The first-order chi connectivity index (χ1) is 14.2. The van der Waals surface area contributed by atoms with Gasteiger partial charge in [0.25, 0.3) is 5.91 Å². The second-order valence-corrected chi connectivity index (χ2v) is 8.66. The summed E-state index contributed by atoms with van der Waals surface area (Å²) in [6, 6.07) is 11.2. The summed E-state index contributed by atoms with van der Waals surface area (Å²) in [6.45, 7) is 4.24. The summed E-state index contributed by atoms with van der Waals surface area (Å²) in [4.78, 5) is 24.0. The average Bonchev–Trinajstić information content (AvgIpc) is 2.69. The van der Waals surface area contributed by atoms with Gasteiger partial charge in [-0.1, -0.05) is 18.2 Å². The molecule has 0 radical (unpaired) electrons. The maximum atomic E-state index is 12.4. The van der Waals surface area contributed by atoms with E-state index in [1.165, 1.54) is 12.1 Å². The first-order valence-corrected chi connectivity index (χ1v) is 11.1. The van der Waals surface area contributed by atoms with Crippen molar-refractivity contribution >= 4 is 21.8 Å². The van der Waals surface area contributed by atoms with E-state index in [1.54, 1.807) is 31.2 Å². The second-order valence-electron chi connectivity index (χ2n) is 6.93. The molecule has 0 heterocycles. The van der Waals surface area contributed by atoms with Crippen LogP contribution in [0, 0.1) is 13.8 Å². The molecule has 0 saturated carbocycles. The summed E-state index contributed by atoms with van der Waals surface area (Å²) in [6.07, 6.45) is 0.532. The van der Waals surface area contributed by atoms with Gasteiger partial charge in [-0.25, -0.2) is 13.1 Å². The van der Waals surface area contributed by atoms with E-state index in [9.17, 15) is 23.1 Å². The van der Waals surface area contributed by atoms with E-state index >= 15 is 0 Å². The van der Waals surface area contributed by atoms with Gasteiger partial charge in [-0.2, -0.15) is 0 Å². The van der Waals surface area contributed by atoms with Crippen molar-refractivity contribution in [1.82, 2.24) is 15.4 Å². The van der Waals surface area contributed by atoms with Crippen LogP contribution in [-0.4, -0.2) is 45.0 Å². The molecule has 0 saturated heterocycles. The molecule has 0 bridgehead atoms. The number of aromatic hydroxyl groups is 1. The molecule has 2 amide bonds. The molecule has 0 fully saturated rings. The Kier molecular flexibility index (Phi) is 8.37. The number of hydrogen-bond donors (Lipinski definition) is 4. The van der Waals surface area contributed by atoms with Gasteiger partial charge < -0.3 is 15.7 Å². The third-order valence-corrected chi connectivity index (χ3v) is 5.95. The Morgan fingerprint density at radius 1 is 0.967 bits per heavy atom. The average molecular weight is 434 g/mol. The first-order valence-electron chi connectivity index (χ1n) is 9.60. The quantitative estimate of drug-likeness (QED) is 0.424. The van der Waals surface area contributed by atoms with E-state index in [2.05, 4.69) is 15.4 Å². The number of nitrogens with one attached hydrogen (secondary N) is 3. The van der Waals surface area contributed by atoms with Crippen molar-refractivity contribution in [3.8, 4) is 5.75 Å². The van der Waals surface area contributed by atoms with Crippen molar-refractivity contribution in [2.45, 2.75) is 31.6 Å². The number of phenols is 1.